The molecule has 2 aromatic carbocycles. The van der Waals surface area contributed by atoms with Crippen molar-refractivity contribution in [3.63, 3.8) is 0 Å². The Kier molecular flexibility index (Phi) is 4.40. The minimum Gasteiger partial charge on any atom is -0.387 e. The van der Waals surface area contributed by atoms with Gasteiger partial charge >= 0.3 is 0 Å². The van der Waals surface area contributed by atoms with E-state index in [0.29, 0.717) is 5.56 Å². The Labute approximate surface area is 139 Å². The van der Waals surface area contributed by atoms with E-state index in [0.717, 1.165) is 23.0 Å². The number of rotatable bonds is 5. The van der Waals surface area contributed by atoms with E-state index in [1.165, 1.54) is 12.1 Å². The number of fused-ring (bicyclic) bond motifs is 1. The number of sulfonamides is 1. The fourth-order valence-electron chi connectivity index (χ4n) is 2.63. The van der Waals surface area contributed by atoms with E-state index in [4.69, 9.17) is 0 Å². The van der Waals surface area contributed by atoms with Gasteiger partial charge in [-0.1, -0.05) is 18.2 Å². The largest absolute Gasteiger partial charge is 0.387 e. The highest BCUT2D eigenvalue weighted by Gasteiger charge is 2.19. The molecule has 7 heteroatoms. The van der Waals surface area contributed by atoms with Crippen LogP contribution in [0.15, 0.2) is 59.6 Å². The quantitative estimate of drug-likeness (QED) is 0.743. The number of halogens is 1. The average Bonchev–Trinajstić information content (AvgIpc) is 2.91. The molecule has 1 atom stereocenters. The minimum atomic E-state index is -3.81. The summed E-state index contributed by atoms with van der Waals surface area (Å²) in [5.41, 5.74) is 1.60. The summed E-state index contributed by atoms with van der Waals surface area (Å²) in [6, 6.07) is 12.1. The first-order valence-corrected chi connectivity index (χ1v) is 8.84. The second-order valence-electron chi connectivity index (χ2n) is 5.53. The molecule has 1 unspecified atom stereocenters. The summed E-state index contributed by atoms with van der Waals surface area (Å²) >= 11 is 0. The second-order valence-corrected chi connectivity index (χ2v) is 7.30. The van der Waals surface area contributed by atoms with Crippen molar-refractivity contribution in [3.8, 4) is 0 Å². The molecule has 2 N–H and O–H groups in total. The van der Waals surface area contributed by atoms with Gasteiger partial charge in [-0.25, -0.2) is 17.5 Å². The Morgan fingerprint density at radius 1 is 1.17 bits per heavy atom. The number of hydrogen-bond donors (Lipinski definition) is 2. The van der Waals surface area contributed by atoms with Crippen LogP contribution in [0, 0.1) is 5.82 Å². The van der Waals surface area contributed by atoms with Gasteiger partial charge in [0, 0.05) is 36.3 Å². The number of hydrogen-bond acceptors (Lipinski definition) is 3. The lowest BCUT2D eigenvalue weighted by Crippen LogP contribution is -2.28. The molecule has 0 radical (unpaired) electrons. The van der Waals surface area contributed by atoms with Crippen LogP contribution in [-0.2, 0) is 17.1 Å². The lowest BCUT2D eigenvalue weighted by Gasteiger charge is -2.12. The van der Waals surface area contributed by atoms with Crippen molar-refractivity contribution >= 4 is 20.9 Å². The number of aliphatic hydroxyl groups is 1. The van der Waals surface area contributed by atoms with Crippen molar-refractivity contribution in [3.05, 3.63) is 66.1 Å². The summed E-state index contributed by atoms with van der Waals surface area (Å²) in [6.45, 7) is -0.173. The Bertz CT molecular complexity index is 965. The molecule has 0 fully saturated rings. The van der Waals surface area contributed by atoms with Gasteiger partial charge in [0.1, 0.15) is 5.82 Å². The van der Waals surface area contributed by atoms with Crippen LogP contribution in [0.2, 0.25) is 0 Å². The molecule has 0 spiro atoms. The predicted molar refractivity (Wildman–Crippen MR) is 89.5 cm³/mol. The maximum absolute atomic E-state index is 12.9. The molecule has 0 amide bonds. The molecular weight excluding hydrogens is 331 g/mol. The average molecular weight is 348 g/mol. The number of para-hydroxylation sites is 1. The molecule has 24 heavy (non-hydrogen) atoms. The van der Waals surface area contributed by atoms with Crippen LogP contribution in [0.4, 0.5) is 4.39 Å². The number of nitrogens with zero attached hydrogens (tertiary/aromatic N) is 1. The third kappa shape index (κ3) is 3.19. The molecule has 1 aromatic heterocycles. The molecule has 0 saturated heterocycles. The summed E-state index contributed by atoms with van der Waals surface area (Å²) in [6.07, 6.45) is 0.785. The normalized spacial score (nSPS) is 13.3. The van der Waals surface area contributed by atoms with E-state index in [9.17, 15) is 17.9 Å². The monoisotopic (exact) mass is 348 g/mol. The third-order valence-corrected chi connectivity index (χ3v) is 5.32. The number of aromatic nitrogens is 1. The van der Waals surface area contributed by atoms with Crippen LogP contribution in [0.3, 0.4) is 0 Å². The van der Waals surface area contributed by atoms with Crippen molar-refractivity contribution in [1.29, 1.82) is 0 Å². The fourth-order valence-corrected chi connectivity index (χ4v) is 3.67. The maximum Gasteiger partial charge on any atom is 0.240 e. The molecule has 0 bridgehead atoms. The van der Waals surface area contributed by atoms with Crippen molar-refractivity contribution < 1.29 is 17.9 Å². The van der Waals surface area contributed by atoms with E-state index in [1.54, 1.807) is 6.20 Å². The van der Waals surface area contributed by atoms with Crippen LogP contribution < -0.4 is 4.72 Å². The highest BCUT2D eigenvalue weighted by Crippen LogP contribution is 2.25. The molecule has 0 aliphatic carbocycles. The summed E-state index contributed by atoms with van der Waals surface area (Å²) in [7, 11) is -1.95. The van der Waals surface area contributed by atoms with Gasteiger partial charge in [-0.05, 0) is 30.3 Å². The first-order valence-electron chi connectivity index (χ1n) is 7.36. The summed E-state index contributed by atoms with van der Waals surface area (Å²) in [5, 5.41) is 11.3. The van der Waals surface area contributed by atoms with Crippen LogP contribution in [0.25, 0.3) is 10.9 Å². The lowest BCUT2D eigenvalue weighted by atomic mass is 10.1. The lowest BCUT2D eigenvalue weighted by molar-refractivity contribution is 0.183. The number of nitrogens with one attached hydrogen (secondary N) is 1. The van der Waals surface area contributed by atoms with Crippen LogP contribution >= 0.6 is 0 Å². The third-order valence-electron chi connectivity index (χ3n) is 3.88. The summed E-state index contributed by atoms with van der Waals surface area (Å²) in [4.78, 5) is -0.0472. The molecule has 0 aliphatic rings. The standard InChI is InChI=1S/C17H17FN2O3S/c1-20-11-15(14-4-2-3-5-16(14)20)17(21)10-19-24(22,23)13-8-6-12(18)7-9-13/h2-9,11,17,19,21H,10H2,1H3. The number of aryl methyl sites for hydroxylation is 1. The smallest absolute Gasteiger partial charge is 0.240 e. The van der Waals surface area contributed by atoms with Gasteiger partial charge in [0.25, 0.3) is 0 Å². The SMILES string of the molecule is Cn1cc(C(O)CNS(=O)(=O)c2ccc(F)cc2)c2ccccc21. The zero-order valence-electron chi connectivity index (χ0n) is 13.0. The molecule has 3 rings (SSSR count). The number of aliphatic hydroxyl groups excluding tert-OH is 1. The molecule has 3 aromatic rings. The topological polar surface area (TPSA) is 71.3 Å². The molecule has 0 aliphatic heterocycles. The van der Waals surface area contributed by atoms with Gasteiger partial charge < -0.3 is 9.67 Å². The zero-order chi connectivity index (χ0) is 17.3. The van der Waals surface area contributed by atoms with Crippen molar-refractivity contribution in [2.75, 3.05) is 6.54 Å². The van der Waals surface area contributed by atoms with Gasteiger partial charge in [0.05, 0.1) is 11.0 Å². The van der Waals surface area contributed by atoms with Crippen molar-refractivity contribution in [2.24, 2.45) is 7.05 Å². The first-order chi connectivity index (χ1) is 11.4. The van der Waals surface area contributed by atoms with E-state index >= 15 is 0 Å². The van der Waals surface area contributed by atoms with Crippen LogP contribution in [0.5, 0.6) is 0 Å². The van der Waals surface area contributed by atoms with Gasteiger partial charge in [0.2, 0.25) is 10.0 Å². The Morgan fingerprint density at radius 2 is 1.83 bits per heavy atom. The number of benzene rings is 2. The van der Waals surface area contributed by atoms with Crippen LogP contribution in [-0.4, -0.2) is 24.6 Å². The molecule has 1 heterocycles. The first kappa shape index (κ1) is 16.6. The van der Waals surface area contributed by atoms with Gasteiger partial charge in [-0.3, -0.25) is 0 Å². The Hall–Kier alpha value is -2.22. The maximum atomic E-state index is 12.9. The molecule has 0 saturated carbocycles. The van der Waals surface area contributed by atoms with Gasteiger partial charge in [-0.15, -0.1) is 0 Å². The van der Waals surface area contributed by atoms with E-state index in [2.05, 4.69) is 4.72 Å². The van der Waals surface area contributed by atoms with Gasteiger partial charge in [-0.2, -0.15) is 0 Å². The highest BCUT2D eigenvalue weighted by molar-refractivity contribution is 7.89. The van der Waals surface area contributed by atoms with Crippen LogP contribution in [0.1, 0.15) is 11.7 Å². The molecule has 5 nitrogen and oxygen atoms in total. The Morgan fingerprint density at radius 3 is 2.54 bits per heavy atom. The summed E-state index contributed by atoms with van der Waals surface area (Å²) < 4.78 is 41.5. The minimum absolute atomic E-state index is 0.0472. The van der Waals surface area contributed by atoms with E-state index in [1.807, 2.05) is 35.9 Å². The zero-order valence-corrected chi connectivity index (χ0v) is 13.8. The predicted octanol–water partition coefficient (Wildman–Crippen LogP) is 2.33. The van der Waals surface area contributed by atoms with E-state index < -0.39 is 21.9 Å². The second kappa shape index (κ2) is 6.35. The van der Waals surface area contributed by atoms with E-state index in [-0.39, 0.29) is 11.4 Å². The molecular formula is C17H17FN2O3S. The van der Waals surface area contributed by atoms with Gasteiger partial charge in [0.15, 0.2) is 0 Å². The van der Waals surface area contributed by atoms with Crippen molar-refractivity contribution in [2.45, 2.75) is 11.0 Å². The Balaban J connectivity index is 1.79. The fraction of sp³-hybridized carbons (Fsp3) is 0.176. The molecule has 126 valence electrons. The highest BCUT2D eigenvalue weighted by atomic mass is 32.2. The van der Waals surface area contributed by atoms with Crippen molar-refractivity contribution in [1.82, 2.24) is 9.29 Å². The summed E-state index contributed by atoms with van der Waals surface area (Å²) in [5.74, 6) is -0.509.